The summed E-state index contributed by atoms with van der Waals surface area (Å²) in [7, 11) is 1.53. The molecule has 2 N–H and O–H groups in total. The molecule has 1 aliphatic heterocycles. The SMILES string of the molecule is COc1cccc(Cl)c1CNC(=O)N1CCCC1C(=O)O. The maximum Gasteiger partial charge on any atom is 0.326 e. The van der Waals surface area contributed by atoms with Crippen LogP contribution in [0.5, 0.6) is 5.75 Å². The summed E-state index contributed by atoms with van der Waals surface area (Å²) in [4.78, 5) is 24.5. The van der Waals surface area contributed by atoms with Crippen LogP contribution in [0.15, 0.2) is 18.2 Å². The highest BCUT2D eigenvalue weighted by Gasteiger charge is 2.33. The summed E-state index contributed by atoms with van der Waals surface area (Å²) in [6, 6.07) is 4.07. The van der Waals surface area contributed by atoms with E-state index in [0.29, 0.717) is 35.7 Å². The number of halogens is 1. The van der Waals surface area contributed by atoms with Gasteiger partial charge in [-0.25, -0.2) is 9.59 Å². The number of methoxy groups -OCH3 is 1. The first kappa shape index (κ1) is 15.4. The fourth-order valence-corrected chi connectivity index (χ4v) is 2.67. The molecule has 1 aromatic carbocycles. The number of likely N-dealkylation sites (tertiary alicyclic amines) is 1. The molecular weight excluding hydrogens is 296 g/mol. The van der Waals surface area contributed by atoms with Crippen molar-refractivity contribution in [2.45, 2.75) is 25.4 Å². The minimum atomic E-state index is -0.974. The maximum atomic E-state index is 12.1. The zero-order chi connectivity index (χ0) is 15.4. The topological polar surface area (TPSA) is 78.9 Å². The highest BCUT2D eigenvalue weighted by atomic mass is 35.5. The Labute approximate surface area is 127 Å². The number of carboxylic acid groups (broad SMARTS) is 1. The molecule has 1 heterocycles. The Morgan fingerprint density at radius 1 is 1.52 bits per heavy atom. The van der Waals surface area contributed by atoms with Crippen molar-refractivity contribution in [2.75, 3.05) is 13.7 Å². The highest BCUT2D eigenvalue weighted by molar-refractivity contribution is 6.31. The molecule has 21 heavy (non-hydrogen) atoms. The minimum absolute atomic E-state index is 0.185. The Balaban J connectivity index is 2.03. The summed E-state index contributed by atoms with van der Waals surface area (Å²) in [6.07, 6.45) is 1.18. The molecule has 0 spiro atoms. The van der Waals surface area contributed by atoms with E-state index in [2.05, 4.69) is 5.32 Å². The van der Waals surface area contributed by atoms with Gasteiger partial charge in [0.2, 0.25) is 0 Å². The van der Waals surface area contributed by atoms with Gasteiger partial charge in [-0.15, -0.1) is 0 Å². The molecule has 1 fully saturated rings. The molecule has 0 bridgehead atoms. The van der Waals surface area contributed by atoms with Crippen LogP contribution in [-0.2, 0) is 11.3 Å². The van der Waals surface area contributed by atoms with Crippen LogP contribution in [0.2, 0.25) is 5.02 Å². The number of hydrogen-bond donors (Lipinski definition) is 2. The zero-order valence-electron chi connectivity index (χ0n) is 11.6. The number of ether oxygens (including phenoxy) is 1. The van der Waals surface area contributed by atoms with Crippen molar-refractivity contribution in [3.05, 3.63) is 28.8 Å². The normalized spacial score (nSPS) is 17.6. The van der Waals surface area contributed by atoms with Gasteiger partial charge in [-0.05, 0) is 25.0 Å². The smallest absolute Gasteiger partial charge is 0.326 e. The van der Waals surface area contributed by atoms with E-state index in [0.717, 1.165) is 0 Å². The van der Waals surface area contributed by atoms with E-state index >= 15 is 0 Å². The predicted molar refractivity (Wildman–Crippen MR) is 77.6 cm³/mol. The van der Waals surface area contributed by atoms with E-state index in [1.165, 1.54) is 12.0 Å². The second kappa shape index (κ2) is 6.67. The first-order chi connectivity index (χ1) is 10.0. The van der Waals surface area contributed by atoms with Gasteiger partial charge < -0.3 is 20.1 Å². The lowest BCUT2D eigenvalue weighted by molar-refractivity contribution is -0.141. The molecule has 0 saturated carbocycles. The van der Waals surface area contributed by atoms with Gasteiger partial charge in [-0.1, -0.05) is 17.7 Å². The predicted octanol–water partition coefficient (Wildman–Crippen LogP) is 2.11. The first-order valence-corrected chi connectivity index (χ1v) is 7.01. The Morgan fingerprint density at radius 2 is 2.29 bits per heavy atom. The lowest BCUT2D eigenvalue weighted by atomic mass is 10.2. The second-order valence-corrected chi connectivity index (χ2v) is 5.18. The molecule has 1 aromatic rings. The number of aliphatic carboxylic acids is 1. The van der Waals surface area contributed by atoms with Crippen molar-refractivity contribution in [3.63, 3.8) is 0 Å². The molecular formula is C14H17ClN2O4. The van der Waals surface area contributed by atoms with Crippen molar-refractivity contribution in [1.82, 2.24) is 10.2 Å². The van der Waals surface area contributed by atoms with Crippen LogP contribution in [0.3, 0.4) is 0 Å². The summed E-state index contributed by atoms with van der Waals surface area (Å²) in [5.41, 5.74) is 0.668. The van der Waals surface area contributed by atoms with E-state index in [4.69, 9.17) is 21.4 Å². The van der Waals surface area contributed by atoms with Crippen molar-refractivity contribution in [3.8, 4) is 5.75 Å². The van der Waals surface area contributed by atoms with Gasteiger partial charge in [-0.3, -0.25) is 0 Å². The summed E-state index contributed by atoms with van der Waals surface area (Å²) < 4.78 is 5.20. The summed E-state index contributed by atoms with van der Waals surface area (Å²) in [6.45, 7) is 0.632. The van der Waals surface area contributed by atoms with E-state index in [1.807, 2.05) is 0 Å². The molecule has 1 unspecified atom stereocenters. The number of nitrogens with zero attached hydrogens (tertiary/aromatic N) is 1. The second-order valence-electron chi connectivity index (χ2n) is 4.77. The van der Waals surface area contributed by atoms with Gasteiger partial charge in [0.05, 0.1) is 7.11 Å². The van der Waals surface area contributed by atoms with Gasteiger partial charge in [-0.2, -0.15) is 0 Å². The van der Waals surface area contributed by atoms with Gasteiger partial charge in [0, 0.05) is 23.7 Å². The molecule has 1 atom stereocenters. The fourth-order valence-electron chi connectivity index (χ4n) is 2.43. The summed E-state index contributed by atoms with van der Waals surface area (Å²) in [5.74, 6) is -0.392. The van der Waals surface area contributed by atoms with Crippen LogP contribution in [0.25, 0.3) is 0 Å². The Hall–Kier alpha value is -1.95. The third kappa shape index (κ3) is 3.39. The quantitative estimate of drug-likeness (QED) is 0.892. The number of carbonyl (C=O) groups is 2. The molecule has 0 aliphatic carbocycles. The molecule has 2 amide bonds. The number of carbonyl (C=O) groups excluding carboxylic acids is 1. The van der Waals surface area contributed by atoms with Gasteiger partial charge >= 0.3 is 12.0 Å². The van der Waals surface area contributed by atoms with E-state index in [-0.39, 0.29) is 6.54 Å². The number of amides is 2. The molecule has 1 aliphatic rings. The van der Waals surface area contributed by atoms with Crippen LogP contribution in [-0.4, -0.2) is 41.7 Å². The molecule has 0 aromatic heterocycles. The van der Waals surface area contributed by atoms with Crippen molar-refractivity contribution >= 4 is 23.6 Å². The van der Waals surface area contributed by atoms with Crippen LogP contribution in [0, 0.1) is 0 Å². The number of rotatable bonds is 4. The van der Waals surface area contributed by atoms with E-state index in [9.17, 15) is 9.59 Å². The third-order valence-electron chi connectivity index (χ3n) is 3.51. The van der Waals surface area contributed by atoms with Crippen LogP contribution in [0.4, 0.5) is 4.79 Å². The Bertz CT molecular complexity index is 550. The minimum Gasteiger partial charge on any atom is -0.496 e. The average molecular weight is 313 g/mol. The van der Waals surface area contributed by atoms with Gasteiger partial charge in [0.1, 0.15) is 11.8 Å². The Kier molecular flexibility index (Phi) is 4.90. The number of carboxylic acids is 1. The van der Waals surface area contributed by atoms with Crippen molar-refractivity contribution < 1.29 is 19.4 Å². The van der Waals surface area contributed by atoms with E-state index in [1.54, 1.807) is 18.2 Å². The number of nitrogens with one attached hydrogen (secondary N) is 1. The molecule has 1 saturated heterocycles. The summed E-state index contributed by atoms with van der Waals surface area (Å²) in [5, 5.41) is 12.3. The standard InChI is InChI=1S/C14H17ClN2O4/c1-21-12-6-2-4-10(15)9(12)8-16-14(20)17-7-3-5-11(17)13(18)19/h2,4,6,11H,3,5,7-8H2,1H3,(H,16,20)(H,18,19). The van der Waals surface area contributed by atoms with E-state index < -0.39 is 18.0 Å². The third-order valence-corrected chi connectivity index (χ3v) is 3.87. The molecule has 114 valence electrons. The summed E-state index contributed by atoms with van der Waals surface area (Å²) >= 11 is 6.09. The maximum absolute atomic E-state index is 12.1. The van der Waals surface area contributed by atoms with Crippen molar-refractivity contribution in [2.24, 2.45) is 0 Å². The average Bonchev–Trinajstić information content (AvgIpc) is 2.95. The number of hydrogen-bond acceptors (Lipinski definition) is 3. The first-order valence-electron chi connectivity index (χ1n) is 6.63. The number of benzene rings is 1. The van der Waals surface area contributed by atoms with Gasteiger partial charge in [0.25, 0.3) is 0 Å². The molecule has 7 heteroatoms. The van der Waals surface area contributed by atoms with Gasteiger partial charge in [0.15, 0.2) is 0 Å². The zero-order valence-corrected chi connectivity index (χ0v) is 12.4. The monoisotopic (exact) mass is 312 g/mol. The Morgan fingerprint density at radius 3 is 2.95 bits per heavy atom. The largest absolute Gasteiger partial charge is 0.496 e. The number of urea groups is 1. The van der Waals surface area contributed by atoms with Crippen LogP contribution in [0.1, 0.15) is 18.4 Å². The van der Waals surface area contributed by atoms with Crippen molar-refractivity contribution in [1.29, 1.82) is 0 Å². The lowest BCUT2D eigenvalue weighted by Gasteiger charge is -2.22. The van der Waals surface area contributed by atoms with Crippen LogP contribution < -0.4 is 10.1 Å². The molecule has 0 radical (unpaired) electrons. The molecule has 2 rings (SSSR count). The lowest BCUT2D eigenvalue weighted by Crippen LogP contribution is -2.45. The fraction of sp³-hybridized carbons (Fsp3) is 0.429. The van der Waals surface area contributed by atoms with Crippen LogP contribution >= 0.6 is 11.6 Å². The highest BCUT2D eigenvalue weighted by Crippen LogP contribution is 2.26. The molecule has 6 nitrogen and oxygen atoms in total.